The number of anilines is 1. The van der Waals surface area contributed by atoms with Gasteiger partial charge in [0, 0.05) is 17.3 Å². The molecule has 1 saturated carbocycles. The van der Waals surface area contributed by atoms with Gasteiger partial charge in [-0.1, -0.05) is 30.9 Å². The van der Waals surface area contributed by atoms with Gasteiger partial charge in [0.2, 0.25) is 5.95 Å². The van der Waals surface area contributed by atoms with E-state index in [1.54, 1.807) is 29.0 Å². The van der Waals surface area contributed by atoms with E-state index in [0.717, 1.165) is 18.5 Å². The molecule has 0 bridgehead atoms. The number of nitrogens with zero attached hydrogens (tertiary/aromatic N) is 3. The molecule has 1 aromatic carbocycles. The van der Waals surface area contributed by atoms with Crippen molar-refractivity contribution < 1.29 is 0 Å². The van der Waals surface area contributed by atoms with Crippen LogP contribution in [0.4, 0.5) is 5.95 Å². The third-order valence-electron chi connectivity index (χ3n) is 4.65. The maximum Gasteiger partial charge on any atom is 0.286 e. The Labute approximate surface area is 150 Å². The Morgan fingerprint density at radius 3 is 2.60 bits per heavy atom. The van der Waals surface area contributed by atoms with Crippen LogP contribution in [0.1, 0.15) is 32.1 Å². The van der Waals surface area contributed by atoms with Gasteiger partial charge in [0.05, 0.1) is 11.2 Å². The zero-order chi connectivity index (χ0) is 17.2. The number of hydrogen-bond acceptors (Lipinski definition) is 4. The maximum absolute atomic E-state index is 13.1. The highest BCUT2D eigenvalue weighted by atomic mass is 35.5. The monoisotopic (exact) mass is 354 g/mol. The minimum Gasteiger partial charge on any atom is -0.353 e. The lowest BCUT2D eigenvalue weighted by Crippen LogP contribution is -2.30. The van der Waals surface area contributed by atoms with E-state index >= 15 is 0 Å². The number of benzene rings is 1. The Hall–Kier alpha value is -2.40. The van der Waals surface area contributed by atoms with Gasteiger partial charge in [-0.3, -0.25) is 4.79 Å². The molecule has 2 heterocycles. The molecule has 128 valence electrons. The van der Waals surface area contributed by atoms with E-state index < -0.39 is 0 Å². The van der Waals surface area contributed by atoms with Crippen LogP contribution in [0.3, 0.4) is 0 Å². The van der Waals surface area contributed by atoms with E-state index in [4.69, 9.17) is 11.6 Å². The van der Waals surface area contributed by atoms with Crippen LogP contribution >= 0.6 is 11.6 Å². The largest absolute Gasteiger partial charge is 0.353 e. The number of nitrogens with one attached hydrogen (secondary N) is 1. The molecule has 1 fully saturated rings. The van der Waals surface area contributed by atoms with Crippen molar-refractivity contribution in [2.75, 3.05) is 5.32 Å². The molecule has 5 nitrogen and oxygen atoms in total. The molecule has 0 spiro atoms. The molecule has 25 heavy (non-hydrogen) atoms. The first-order chi connectivity index (χ1) is 12.2. The minimum atomic E-state index is -0.175. The zero-order valence-corrected chi connectivity index (χ0v) is 14.5. The number of rotatable bonds is 3. The summed E-state index contributed by atoms with van der Waals surface area (Å²) in [5.74, 6) is 0.569. The second-order valence-corrected chi connectivity index (χ2v) is 6.84. The van der Waals surface area contributed by atoms with Crippen molar-refractivity contribution in [1.82, 2.24) is 14.5 Å². The van der Waals surface area contributed by atoms with Crippen LogP contribution < -0.4 is 10.9 Å². The van der Waals surface area contributed by atoms with Crippen molar-refractivity contribution >= 4 is 28.6 Å². The third-order valence-corrected chi connectivity index (χ3v) is 4.91. The van der Waals surface area contributed by atoms with E-state index in [0.29, 0.717) is 28.0 Å². The SMILES string of the molecule is O=c1c2ncccc2nc(NC2CCCCC2)n1-c1ccc(Cl)cc1. The van der Waals surface area contributed by atoms with E-state index in [-0.39, 0.29) is 5.56 Å². The first-order valence-corrected chi connectivity index (χ1v) is 9.00. The number of fused-ring (bicyclic) bond motifs is 1. The molecule has 1 aliphatic rings. The zero-order valence-electron chi connectivity index (χ0n) is 13.8. The van der Waals surface area contributed by atoms with Crippen molar-refractivity contribution in [3.8, 4) is 5.69 Å². The van der Waals surface area contributed by atoms with Crippen molar-refractivity contribution in [1.29, 1.82) is 0 Å². The lowest BCUT2D eigenvalue weighted by atomic mass is 9.96. The molecule has 2 aromatic heterocycles. The lowest BCUT2D eigenvalue weighted by Gasteiger charge is -2.25. The third kappa shape index (κ3) is 3.24. The lowest BCUT2D eigenvalue weighted by molar-refractivity contribution is 0.460. The normalized spacial score (nSPS) is 15.4. The van der Waals surface area contributed by atoms with E-state index in [9.17, 15) is 4.79 Å². The van der Waals surface area contributed by atoms with E-state index in [1.807, 2.05) is 18.2 Å². The molecule has 0 atom stereocenters. The van der Waals surface area contributed by atoms with E-state index in [2.05, 4.69) is 15.3 Å². The fourth-order valence-corrected chi connectivity index (χ4v) is 3.50. The predicted octanol–water partition coefficient (Wildman–Crippen LogP) is 4.18. The van der Waals surface area contributed by atoms with Crippen molar-refractivity contribution in [3.63, 3.8) is 0 Å². The molecule has 3 aromatic rings. The Bertz CT molecular complexity index is 946. The standard InChI is InChI=1S/C19H19ClN4O/c20-13-8-10-15(11-9-13)24-18(25)17-16(7-4-12-21-17)23-19(24)22-14-5-2-1-3-6-14/h4,7-12,14H,1-3,5-6H2,(H,22,23). The first-order valence-electron chi connectivity index (χ1n) is 8.62. The molecule has 0 aliphatic heterocycles. The van der Waals surface area contributed by atoms with Crippen LogP contribution in [0.25, 0.3) is 16.7 Å². The van der Waals surface area contributed by atoms with Crippen LogP contribution in [0.2, 0.25) is 5.02 Å². The molecular weight excluding hydrogens is 336 g/mol. The Balaban J connectivity index is 1.87. The summed E-state index contributed by atoms with van der Waals surface area (Å²) in [5, 5.41) is 4.12. The molecule has 1 aliphatic carbocycles. The number of halogens is 1. The molecule has 1 N–H and O–H groups in total. The second-order valence-electron chi connectivity index (χ2n) is 6.40. The van der Waals surface area contributed by atoms with Crippen LogP contribution in [0.15, 0.2) is 47.4 Å². The molecule has 0 amide bonds. The van der Waals surface area contributed by atoms with Crippen molar-refractivity contribution in [3.05, 3.63) is 58.0 Å². The smallest absolute Gasteiger partial charge is 0.286 e. The Morgan fingerprint density at radius 2 is 1.84 bits per heavy atom. The highest BCUT2D eigenvalue weighted by Gasteiger charge is 2.18. The summed E-state index contributed by atoms with van der Waals surface area (Å²) in [6, 6.07) is 11.2. The molecule has 0 saturated heterocycles. The Morgan fingerprint density at radius 1 is 1.08 bits per heavy atom. The fraction of sp³-hybridized carbons (Fsp3) is 0.316. The van der Waals surface area contributed by atoms with Crippen molar-refractivity contribution in [2.45, 2.75) is 38.1 Å². The van der Waals surface area contributed by atoms with Gasteiger partial charge in [-0.15, -0.1) is 0 Å². The molecule has 6 heteroatoms. The highest BCUT2D eigenvalue weighted by molar-refractivity contribution is 6.30. The van der Waals surface area contributed by atoms with Gasteiger partial charge in [-0.05, 0) is 49.2 Å². The second kappa shape index (κ2) is 6.84. The van der Waals surface area contributed by atoms with Gasteiger partial charge in [-0.2, -0.15) is 0 Å². The van der Waals surface area contributed by atoms with Crippen LogP contribution in [-0.4, -0.2) is 20.6 Å². The Kier molecular flexibility index (Phi) is 4.40. The predicted molar refractivity (Wildman–Crippen MR) is 101 cm³/mol. The highest BCUT2D eigenvalue weighted by Crippen LogP contribution is 2.23. The van der Waals surface area contributed by atoms with Crippen LogP contribution in [0, 0.1) is 0 Å². The molecule has 4 rings (SSSR count). The summed E-state index contributed by atoms with van der Waals surface area (Å²) >= 11 is 6.00. The number of pyridine rings is 1. The summed E-state index contributed by atoms with van der Waals surface area (Å²) in [5.41, 5.74) is 1.53. The summed E-state index contributed by atoms with van der Waals surface area (Å²) in [6.45, 7) is 0. The average Bonchev–Trinajstić information content (AvgIpc) is 2.64. The summed E-state index contributed by atoms with van der Waals surface area (Å²) < 4.78 is 1.60. The summed E-state index contributed by atoms with van der Waals surface area (Å²) in [7, 11) is 0. The maximum atomic E-state index is 13.1. The topological polar surface area (TPSA) is 59.8 Å². The minimum absolute atomic E-state index is 0.175. The summed E-state index contributed by atoms with van der Waals surface area (Å²) in [4.78, 5) is 22.0. The van der Waals surface area contributed by atoms with Crippen LogP contribution in [-0.2, 0) is 0 Å². The van der Waals surface area contributed by atoms with Gasteiger partial charge in [0.25, 0.3) is 5.56 Å². The van der Waals surface area contributed by atoms with E-state index in [1.165, 1.54) is 19.3 Å². The van der Waals surface area contributed by atoms with Gasteiger partial charge in [-0.25, -0.2) is 14.5 Å². The quantitative estimate of drug-likeness (QED) is 0.766. The molecule has 0 unspecified atom stereocenters. The van der Waals surface area contributed by atoms with Crippen molar-refractivity contribution in [2.24, 2.45) is 0 Å². The van der Waals surface area contributed by atoms with Gasteiger partial charge in [0.15, 0.2) is 5.52 Å². The van der Waals surface area contributed by atoms with Gasteiger partial charge < -0.3 is 5.32 Å². The summed E-state index contributed by atoms with van der Waals surface area (Å²) in [6.07, 6.45) is 7.50. The number of aromatic nitrogens is 3. The van der Waals surface area contributed by atoms with Gasteiger partial charge in [0.1, 0.15) is 0 Å². The average molecular weight is 355 g/mol. The number of hydrogen-bond donors (Lipinski definition) is 1. The van der Waals surface area contributed by atoms with Gasteiger partial charge >= 0.3 is 0 Å². The fourth-order valence-electron chi connectivity index (χ4n) is 3.37. The first kappa shape index (κ1) is 16.1. The van der Waals surface area contributed by atoms with Crippen LogP contribution in [0.5, 0.6) is 0 Å². The molecule has 0 radical (unpaired) electrons. The molecular formula is C19H19ClN4O.